The molecule has 144 valence electrons. The molecule has 4 rings (SSSR count). The van der Waals surface area contributed by atoms with Gasteiger partial charge in [-0.2, -0.15) is 5.10 Å². The number of pyridine rings is 1. The second kappa shape index (κ2) is 7.62. The molecule has 0 fully saturated rings. The van der Waals surface area contributed by atoms with Gasteiger partial charge >= 0.3 is 0 Å². The molecule has 28 heavy (non-hydrogen) atoms. The van der Waals surface area contributed by atoms with E-state index < -0.39 is 0 Å². The van der Waals surface area contributed by atoms with Crippen LogP contribution in [-0.2, 0) is 19.7 Å². The van der Waals surface area contributed by atoms with Gasteiger partial charge in [-0.1, -0.05) is 6.07 Å². The van der Waals surface area contributed by atoms with Crippen molar-refractivity contribution in [3.8, 4) is 11.3 Å². The Labute approximate surface area is 160 Å². The summed E-state index contributed by atoms with van der Waals surface area (Å²) in [4.78, 5) is 13.0. The number of aromatic nitrogens is 6. The van der Waals surface area contributed by atoms with Crippen LogP contribution in [0.4, 0.5) is 11.6 Å². The van der Waals surface area contributed by atoms with E-state index in [2.05, 4.69) is 25.4 Å². The summed E-state index contributed by atoms with van der Waals surface area (Å²) in [5.74, 6) is 0.770. The fourth-order valence-corrected chi connectivity index (χ4v) is 2.87. The zero-order chi connectivity index (χ0) is 19.5. The number of imidazole rings is 1. The number of nitrogens with one attached hydrogen (secondary N) is 1. The Bertz CT molecular complexity index is 1100. The van der Waals surface area contributed by atoms with Gasteiger partial charge in [-0.25, -0.2) is 15.0 Å². The van der Waals surface area contributed by atoms with Gasteiger partial charge < -0.3 is 25.7 Å². The Balaban J connectivity index is 1.54. The van der Waals surface area contributed by atoms with Crippen molar-refractivity contribution in [1.29, 1.82) is 0 Å². The molecule has 0 aliphatic carbocycles. The zero-order valence-corrected chi connectivity index (χ0v) is 15.0. The molecule has 0 bridgehead atoms. The summed E-state index contributed by atoms with van der Waals surface area (Å²) in [6, 6.07) is 3.83. The number of aliphatic hydroxyl groups is 2. The SMILES string of the molecule is Nc1ncc(-c2cnn(CCO)c2)nc1NCc1ccc2ncc(CO)n2c1. The number of hydrogen-bond acceptors (Lipinski definition) is 8. The highest BCUT2D eigenvalue weighted by atomic mass is 16.3. The van der Waals surface area contributed by atoms with E-state index in [4.69, 9.17) is 10.8 Å². The second-order valence-corrected chi connectivity index (χ2v) is 6.23. The van der Waals surface area contributed by atoms with E-state index in [1.54, 1.807) is 29.5 Å². The predicted molar refractivity (Wildman–Crippen MR) is 103 cm³/mol. The molecule has 0 aliphatic rings. The summed E-state index contributed by atoms with van der Waals surface area (Å²) < 4.78 is 3.48. The van der Waals surface area contributed by atoms with E-state index in [9.17, 15) is 5.11 Å². The summed E-state index contributed by atoms with van der Waals surface area (Å²) >= 11 is 0. The maximum Gasteiger partial charge on any atom is 0.169 e. The minimum absolute atomic E-state index is 0.0145. The average Bonchev–Trinajstić information content (AvgIpc) is 3.34. The molecule has 0 atom stereocenters. The third-order valence-electron chi connectivity index (χ3n) is 4.32. The molecule has 0 saturated heterocycles. The summed E-state index contributed by atoms with van der Waals surface area (Å²) in [6.45, 7) is 0.828. The lowest BCUT2D eigenvalue weighted by Gasteiger charge is -2.10. The highest BCUT2D eigenvalue weighted by Crippen LogP contribution is 2.21. The van der Waals surface area contributed by atoms with Gasteiger partial charge in [0.15, 0.2) is 11.6 Å². The molecule has 0 aliphatic heterocycles. The van der Waals surface area contributed by atoms with Gasteiger partial charge in [0.25, 0.3) is 0 Å². The van der Waals surface area contributed by atoms with Crippen LogP contribution in [0.15, 0.2) is 43.1 Å². The molecule has 4 heterocycles. The Kier molecular flexibility index (Phi) is 4.87. The first kappa shape index (κ1) is 17.9. The van der Waals surface area contributed by atoms with Gasteiger partial charge in [0.1, 0.15) is 5.65 Å². The number of anilines is 2. The lowest BCUT2D eigenvalue weighted by atomic mass is 10.2. The zero-order valence-electron chi connectivity index (χ0n) is 15.0. The van der Waals surface area contributed by atoms with E-state index in [0.29, 0.717) is 30.4 Å². The first-order valence-electron chi connectivity index (χ1n) is 8.73. The molecule has 0 unspecified atom stereocenters. The number of nitrogens with two attached hydrogens (primary N) is 1. The average molecular weight is 380 g/mol. The highest BCUT2D eigenvalue weighted by Gasteiger charge is 2.09. The molecular formula is C18H20N8O2. The third kappa shape index (κ3) is 3.50. The summed E-state index contributed by atoms with van der Waals surface area (Å²) in [5, 5.41) is 25.8. The largest absolute Gasteiger partial charge is 0.394 e. The number of hydrogen-bond donors (Lipinski definition) is 4. The first-order valence-corrected chi connectivity index (χ1v) is 8.73. The van der Waals surface area contributed by atoms with Crippen molar-refractivity contribution in [3.63, 3.8) is 0 Å². The van der Waals surface area contributed by atoms with E-state index >= 15 is 0 Å². The van der Waals surface area contributed by atoms with E-state index in [1.807, 2.05) is 22.7 Å². The maximum absolute atomic E-state index is 9.40. The van der Waals surface area contributed by atoms with Gasteiger partial charge in [-0.15, -0.1) is 0 Å². The monoisotopic (exact) mass is 380 g/mol. The number of nitrogens with zero attached hydrogens (tertiary/aromatic N) is 6. The van der Waals surface area contributed by atoms with Gasteiger partial charge in [-0.3, -0.25) is 4.68 Å². The van der Waals surface area contributed by atoms with Crippen molar-refractivity contribution in [2.75, 3.05) is 17.7 Å². The molecular weight excluding hydrogens is 360 g/mol. The molecule has 0 radical (unpaired) electrons. The van der Waals surface area contributed by atoms with Crippen LogP contribution in [0, 0.1) is 0 Å². The van der Waals surface area contributed by atoms with Crippen LogP contribution in [-0.4, -0.2) is 46.0 Å². The van der Waals surface area contributed by atoms with Crippen molar-refractivity contribution >= 4 is 17.3 Å². The number of fused-ring (bicyclic) bond motifs is 1. The Morgan fingerprint density at radius 2 is 1.96 bits per heavy atom. The van der Waals surface area contributed by atoms with Gasteiger partial charge in [0.05, 0.1) is 49.7 Å². The Morgan fingerprint density at radius 3 is 2.79 bits per heavy atom. The number of aliphatic hydroxyl groups excluding tert-OH is 2. The Morgan fingerprint density at radius 1 is 1.07 bits per heavy atom. The van der Waals surface area contributed by atoms with Crippen molar-refractivity contribution in [2.24, 2.45) is 0 Å². The molecule has 10 nitrogen and oxygen atoms in total. The summed E-state index contributed by atoms with van der Waals surface area (Å²) in [5.41, 5.74) is 9.85. The van der Waals surface area contributed by atoms with Crippen molar-refractivity contribution in [1.82, 2.24) is 29.1 Å². The number of nitrogen functional groups attached to an aromatic ring is 1. The van der Waals surface area contributed by atoms with Crippen LogP contribution < -0.4 is 11.1 Å². The van der Waals surface area contributed by atoms with Crippen LogP contribution in [0.25, 0.3) is 16.9 Å². The second-order valence-electron chi connectivity index (χ2n) is 6.23. The van der Waals surface area contributed by atoms with Crippen LogP contribution in [0.1, 0.15) is 11.3 Å². The fraction of sp³-hybridized carbons (Fsp3) is 0.222. The van der Waals surface area contributed by atoms with Crippen LogP contribution >= 0.6 is 0 Å². The molecule has 4 aromatic rings. The molecule has 10 heteroatoms. The van der Waals surface area contributed by atoms with E-state index in [1.165, 1.54) is 0 Å². The van der Waals surface area contributed by atoms with Crippen molar-refractivity contribution in [3.05, 3.63) is 54.4 Å². The van der Waals surface area contributed by atoms with Crippen molar-refractivity contribution in [2.45, 2.75) is 19.7 Å². The first-order chi connectivity index (χ1) is 13.7. The maximum atomic E-state index is 9.40. The number of rotatable bonds is 7. The van der Waals surface area contributed by atoms with Crippen LogP contribution in [0.2, 0.25) is 0 Å². The lowest BCUT2D eigenvalue weighted by molar-refractivity contribution is 0.269. The molecule has 4 aromatic heterocycles. The predicted octanol–water partition coefficient (Wildman–Crippen LogP) is 0.667. The Hall–Kier alpha value is -3.50. The van der Waals surface area contributed by atoms with Crippen molar-refractivity contribution < 1.29 is 10.2 Å². The smallest absolute Gasteiger partial charge is 0.169 e. The topological polar surface area (TPSA) is 139 Å². The van der Waals surface area contributed by atoms with Gasteiger partial charge in [0, 0.05) is 24.5 Å². The standard InChI is InChI=1S/C18H20N8O2/c19-17-18(24-15(8-21-17)13-6-23-25(10-13)3-4-27)22-5-12-1-2-16-20-7-14(11-28)26(16)9-12/h1-2,6-10,27-28H,3-5,11H2,(H2,19,21)(H,22,24). The third-order valence-corrected chi connectivity index (χ3v) is 4.32. The molecule has 0 spiro atoms. The lowest BCUT2D eigenvalue weighted by Crippen LogP contribution is -2.07. The summed E-state index contributed by atoms with van der Waals surface area (Å²) in [6.07, 6.45) is 8.61. The van der Waals surface area contributed by atoms with Gasteiger partial charge in [-0.05, 0) is 11.6 Å². The quantitative estimate of drug-likeness (QED) is 0.367. The minimum Gasteiger partial charge on any atom is -0.394 e. The molecule has 0 saturated carbocycles. The fourth-order valence-electron chi connectivity index (χ4n) is 2.87. The molecule has 0 aromatic carbocycles. The normalized spacial score (nSPS) is 11.2. The minimum atomic E-state index is -0.0809. The summed E-state index contributed by atoms with van der Waals surface area (Å²) in [7, 11) is 0. The highest BCUT2D eigenvalue weighted by molar-refractivity contribution is 5.64. The van der Waals surface area contributed by atoms with Gasteiger partial charge in [0.2, 0.25) is 0 Å². The van der Waals surface area contributed by atoms with Crippen LogP contribution in [0.5, 0.6) is 0 Å². The molecule has 5 N–H and O–H groups in total. The van der Waals surface area contributed by atoms with E-state index in [0.717, 1.165) is 22.5 Å². The van der Waals surface area contributed by atoms with E-state index in [-0.39, 0.29) is 13.2 Å². The van der Waals surface area contributed by atoms with Crippen LogP contribution in [0.3, 0.4) is 0 Å². The molecule has 0 amide bonds.